The van der Waals surface area contributed by atoms with Gasteiger partial charge in [-0.15, -0.1) is 16.6 Å². The van der Waals surface area contributed by atoms with E-state index in [0.717, 1.165) is 5.56 Å². The number of hydrogen-bond donors (Lipinski definition) is 6. The molecule has 5 aromatic rings. The lowest BCUT2D eigenvalue weighted by Gasteiger charge is -2.22. The quantitative estimate of drug-likeness (QED) is 0.0771. The smallest absolute Gasteiger partial charge is 0.326 e. The Bertz CT molecular complexity index is 1990. The maximum Gasteiger partial charge on any atom is 0.326 e. The number of benzene rings is 2. The van der Waals surface area contributed by atoms with E-state index in [2.05, 4.69) is 57.1 Å². The Morgan fingerprint density at radius 3 is 2.58 bits per heavy atom. The predicted molar refractivity (Wildman–Crippen MR) is 175 cm³/mol. The van der Waals surface area contributed by atoms with Crippen molar-refractivity contribution in [2.45, 2.75) is 32.4 Å². The van der Waals surface area contributed by atoms with Crippen molar-refractivity contribution < 1.29 is 19.5 Å². The normalized spacial score (nSPS) is 11.4. The Labute approximate surface area is 273 Å². The summed E-state index contributed by atoms with van der Waals surface area (Å²) in [5.74, 6) is 0.838. The van der Waals surface area contributed by atoms with Gasteiger partial charge < -0.3 is 32.1 Å². The number of aromatic nitrogens is 8. The fraction of sp³-hybridized carbons (Fsp3) is 0.226. The van der Waals surface area contributed by atoms with Crippen molar-refractivity contribution in [2.75, 3.05) is 29.5 Å². The summed E-state index contributed by atoms with van der Waals surface area (Å²) < 4.78 is 0. The Hall–Kier alpha value is -6.70. The van der Waals surface area contributed by atoms with Crippen molar-refractivity contribution in [3.63, 3.8) is 0 Å². The van der Waals surface area contributed by atoms with E-state index >= 15 is 0 Å². The zero-order chi connectivity index (χ0) is 34.2. The number of carbonyl (C=O) groups excluding carboxylic acids is 2. The van der Waals surface area contributed by atoms with Gasteiger partial charge in [0.1, 0.15) is 6.04 Å². The number of aryl methyl sites for hydroxylation is 1. The number of amides is 2. The number of fused-ring (bicyclic) bond motifs is 1. The van der Waals surface area contributed by atoms with E-state index in [0.29, 0.717) is 28.0 Å². The first-order valence-corrected chi connectivity index (χ1v) is 14.6. The number of carboxylic acid groups (broad SMARTS) is 1. The molecule has 2 amide bonds. The molecule has 0 aliphatic carbocycles. The van der Waals surface area contributed by atoms with Crippen molar-refractivity contribution in [1.29, 1.82) is 0 Å². The van der Waals surface area contributed by atoms with Gasteiger partial charge in [-0.3, -0.25) is 9.59 Å². The van der Waals surface area contributed by atoms with Crippen LogP contribution in [0.3, 0.4) is 0 Å². The Balaban J connectivity index is 1.17. The van der Waals surface area contributed by atoms with Gasteiger partial charge in [-0.25, -0.2) is 14.8 Å². The molecule has 17 nitrogen and oxygen atoms in total. The summed E-state index contributed by atoms with van der Waals surface area (Å²) in [5.41, 5.74) is 15.4. The molecule has 5 rings (SSSR count). The number of tetrazole rings is 1. The minimum atomic E-state index is -1.20. The zero-order valence-electron chi connectivity index (χ0n) is 25.7. The second-order valence-corrected chi connectivity index (χ2v) is 10.7. The lowest BCUT2D eigenvalue weighted by molar-refractivity contribution is -0.139. The minimum Gasteiger partial charge on any atom is -0.480 e. The standard InChI is InChI=1S/C31H31N13O4/c1-3-13-44(16-19-15-35-27-24(36-19)25(32)38-31(33)39-27)20-9-7-18(8-10-20)28(45)37-23(30(47)48)5-4-12-34-29(46)21-11-6-17(2)14-22(21)26-40-42-43-41-26/h1,6-11,14-15,23H,4-5,12-13,16H2,2H3,(H,34,46)(H,37,45)(H,47,48)(H,40,41,42,43)(H4,32,33,35,38,39)/t23-/m0/s1. The van der Waals surface area contributed by atoms with E-state index in [9.17, 15) is 19.5 Å². The summed E-state index contributed by atoms with van der Waals surface area (Å²) in [5, 5.41) is 28.9. The molecule has 0 unspecified atom stereocenters. The third kappa shape index (κ3) is 7.74. The molecule has 3 heterocycles. The van der Waals surface area contributed by atoms with Crippen LogP contribution in [0.1, 0.15) is 44.8 Å². The molecular weight excluding hydrogens is 618 g/mol. The Morgan fingerprint density at radius 1 is 1.08 bits per heavy atom. The van der Waals surface area contributed by atoms with Crippen LogP contribution in [0, 0.1) is 19.3 Å². The van der Waals surface area contributed by atoms with Crippen LogP contribution in [0.2, 0.25) is 0 Å². The molecule has 8 N–H and O–H groups in total. The first-order chi connectivity index (χ1) is 23.1. The summed E-state index contributed by atoms with van der Waals surface area (Å²) in [6.07, 6.45) is 7.51. The predicted octanol–water partition coefficient (Wildman–Crippen LogP) is 1.11. The number of aromatic amines is 1. The van der Waals surface area contributed by atoms with Gasteiger partial charge in [0, 0.05) is 23.4 Å². The van der Waals surface area contributed by atoms with E-state index in [1.54, 1.807) is 42.5 Å². The summed E-state index contributed by atoms with van der Waals surface area (Å²) in [6, 6.07) is 10.6. The third-order valence-corrected chi connectivity index (χ3v) is 7.20. The average molecular weight is 650 g/mol. The molecule has 0 spiro atoms. The Kier molecular flexibility index (Phi) is 9.94. The molecule has 0 saturated heterocycles. The second-order valence-electron chi connectivity index (χ2n) is 10.7. The molecule has 0 radical (unpaired) electrons. The largest absolute Gasteiger partial charge is 0.480 e. The summed E-state index contributed by atoms with van der Waals surface area (Å²) >= 11 is 0. The van der Waals surface area contributed by atoms with Crippen molar-refractivity contribution in [3.8, 4) is 23.7 Å². The molecule has 244 valence electrons. The average Bonchev–Trinajstić information content (AvgIpc) is 3.61. The van der Waals surface area contributed by atoms with Gasteiger partial charge in [-0.1, -0.05) is 17.6 Å². The number of hydrogen-bond acceptors (Lipinski definition) is 13. The van der Waals surface area contributed by atoms with Crippen LogP contribution in [0.5, 0.6) is 0 Å². The van der Waals surface area contributed by atoms with Crippen LogP contribution < -0.4 is 27.0 Å². The number of nitrogen functional groups attached to an aromatic ring is 2. The van der Waals surface area contributed by atoms with E-state index in [4.69, 9.17) is 17.9 Å². The highest BCUT2D eigenvalue weighted by molar-refractivity contribution is 6.00. The highest BCUT2D eigenvalue weighted by atomic mass is 16.4. The van der Waals surface area contributed by atoms with Gasteiger partial charge in [0.25, 0.3) is 11.8 Å². The van der Waals surface area contributed by atoms with Crippen LogP contribution >= 0.6 is 0 Å². The fourth-order valence-corrected chi connectivity index (χ4v) is 4.85. The maximum absolute atomic E-state index is 13.0. The van der Waals surface area contributed by atoms with Crippen LogP contribution in [-0.2, 0) is 11.3 Å². The molecule has 0 saturated carbocycles. The molecule has 0 aliphatic rings. The van der Waals surface area contributed by atoms with Crippen LogP contribution in [0.15, 0.2) is 48.7 Å². The van der Waals surface area contributed by atoms with Crippen molar-refractivity contribution >= 4 is 46.4 Å². The number of H-pyrrole nitrogens is 1. The number of aliphatic carboxylic acids is 1. The van der Waals surface area contributed by atoms with Gasteiger partial charge in [-0.05, 0) is 61.4 Å². The van der Waals surface area contributed by atoms with E-state index in [1.807, 2.05) is 11.8 Å². The second kappa shape index (κ2) is 14.6. The lowest BCUT2D eigenvalue weighted by Crippen LogP contribution is -2.41. The number of rotatable bonds is 13. The van der Waals surface area contributed by atoms with Gasteiger partial charge >= 0.3 is 5.97 Å². The van der Waals surface area contributed by atoms with Gasteiger partial charge in [0.05, 0.1) is 30.5 Å². The molecular formula is C31H31N13O4. The number of carboxylic acids is 1. The summed E-state index contributed by atoms with van der Waals surface area (Å²) in [6.45, 7) is 2.54. The highest BCUT2D eigenvalue weighted by Gasteiger charge is 2.22. The highest BCUT2D eigenvalue weighted by Crippen LogP contribution is 2.22. The fourth-order valence-electron chi connectivity index (χ4n) is 4.85. The number of nitrogens with one attached hydrogen (secondary N) is 3. The maximum atomic E-state index is 13.0. The van der Waals surface area contributed by atoms with Crippen molar-refractivity contribution in [2.24, 2.45) is 0 Å². The van der Waals surface area contributed by atoms with Crippen LogP contribution in [-0.4, -0.2) is 82.6 Å². The van der Waals surface area contributed by atoms with Crippen molar-refractivity contribution in [3.05, 3.63) is 71.0 Å². The van der Waals surface area contributed by atoms with Crippen LogP contribution in [0.25, 0.3) is 22.6 Å². The minimum absolute atomic E-state index is 0.00538. The molecule has 0 bridgehead atoms. The molecule has 17 heteroatoms. The molecule has 3 aromatic heterocycles. The van der Waals surface area contributed by atoms with E-state index in [1.165, 1.54) is 6.20 Å². The number of nitrogens with zero attached hydrogens (tertiary/aromatic N) is 8. The number of nitrogens with two attached hydrogens (primary N) is 2. The molecule has 48 heavy (non-hydrogen) atoms. The van der Waals surface area contributed by atoms with Gasteiger partial charge in [-0.2, -0.15) is 15.2 Å². The Morgan fingerprint density at radius 2 is 1.88 bits per heavy atom. The summed E-state index contributed by atoms with van der Waals surface area (Å²) in [7, 11) is 0. The third-order valence-electron chi connectivity index (χ3n) is 7.20. The molecule has 0 fully saturated rings. The number of carbonyl (C=O) groups is 3. The summed E-state index contributed by atoms with van der Waals surface area (Å²) in [4.78, 5) is 56.4. The monoisotopic (exact) mass is 649 g/mol. The SMILES string of the molecule is C#CCN(Cc1cnc2nc(N)nc(N)c2n1)c1ccc(C(=O)N[C@@H](CCCNC(=O)c2ccc(C)cc2-c2nn[nH]n2)C(=O)O)cc1. The lowest BCUT2D eigenvalue weighted by atomic mass is 10.0. The van der Waals surface area contributed by atoms with Gasteiger partial charge in [0.15, 0.2) is 17.0 Å². The topological polar surface area (TPSA) is 257 Å². The van der Waals surface area contributed by atoms with E-state index in [-0.39, 0.29) is 67.2 Å². The number of anilines is 3. The molecule has 1 atom stereocenters. The van der Waals surface area contributed by atoms with E-state index < -0.39 is 17.9 Å². The zero-order valence-corrected chi connectivity index (χ0v) is 25.7. The van der Waals surface area contributed by atoms with Gasteiger partial charge in [0.2, 0.25) is 11.8 Å². The molecule has 0 aliphatic heterocycles. The molecule has 2 aromatic carbocycles. The first-order valence-electron chi connectivity index (χ1n) is 14.6. The van der Waals surface area contributed by atoms with Crippen molar-refractivity contribution in [1.82, 2.24) is 51.2 Å². The number of terminal acetylenes is 1. The van der Waals surface area contributed by atoms with Crippen LogP contribution in [0.4, 0.5) is 17.5 Å². The first kappa shape index (κ1) is 32.7.